The molecular formula is C21H23F2N7O3. The number of nitrogens with one attached hydrogen (secondary N) is 2. The summed E-state index contributed by atoms with van der Waals surface area (Å²) in [6.45, 7) is 5.54. The predicted octanol–water partition coefficient (Wildman–Crippen LogP) is 3.92. The second-order valence-electron chi connectivity index (χ2n) is 7.40. The van der Waals surface area contributed by atoms with Gasteiger partial charge in [-0.3, -0.25) is 14.8 Å². The molecule has 1 aliphatic carbocycles. The highest BCUT2D eigenvalue weighted by Gasteiger charge is 2.29. The molecule has 2 aromatic heterocycles. The van der Waals surface area contributed by atoms with Crippen LogP contribution in [0.15, 0.2) is 47.0 Å². The summed E-state index contributed by atoms with van der Waals surface area (Å²) in [6, 6.07) is 0. The molecule has 10 nitrogen and oxygen atoms in total. The summed E-state index contributed by atoms with van der Waals surface area (Å²) in [5, 5.41) is 9.34. The highest BCUT2D eigenvalue weighted by atomic mass is 19.1. The minimum absolute atomic E-state index is 0.0441. The van der Waals surface area contributed by atoms with E-state index >= 15 is 0 Å². The summed E-state index contributed by atoms with van der Waals surface area (Å²) in [6.07, 6.45) is 4.86. The molecule has 0 aliphatic heterocycles. The van der Waals surface area contributed by atoms with E-state index < -0.39 is 24.0 Å². The van der Waals surface area contributed by atoms with Crippen molar-refractivity contribution in [2.45, 2.75) is 32.8 Å². The van der Waals surface area contributed by atoms with E-state index in [0.29, 0.717) is 11.3 Å². The van der Waals surface area contributed by atoms with Crippen molar-refractivity contribution >= 4 is 30.2 Å². The quantitative estimate of drug-likeness (QED) is 0.350. The third-order valence-electron chi connectivity index (χ3n) is 4.72. The van der Waals surface area contributed by atoms with Gasteiger partial charge in [-0.05, 0) is 39.5 Å². The maximum atomic E-state index is 13.9. The van der Waals surface area contributed by atoms with Gasteiger partial charge in [0.25, 0.3) is 0 Å². The molecule has 3 rings (SSSR count). The molecule has 174 valence electrons. The van der Waals surface area contributed by atoms with Crippen LogP contribution in [-0.4, -0.2) is 44.6 Å². The topological polar surface area (TPSA) is 123 Å². The van der Waals surface area contributed by atoms with Gasteiger partial charge >= 0.3 is 6.09 Å². The summed E-state index contributed by atoms with van der Waals surface area (Å²) in [5.74, 6) is -1.32. The van der Waals surface area contributed by atoms with Crippen molar-refractivity contribution in [3.05, 3.63) is 42.0 Å². The molecule has 2 amide bonds. The Morgan fingerprint density at radius 3 is 2.52 bits per heavy atom. The number of nitrogens with zero attached hydrogens (tertiary/aromatic N) is 5. The van der Waals surface area contributed by atoms with Crippen LogP contribution in [0.3, 0.4) is 0 Å². The fraction of sp³-hybridized carbons (Fsp3) is 0.333. The number of aryl methyl sites for hydroxylation is 1. The summed E-state index contributed by atoms with van der Waals surface area (Å²) >= 11 is 0. The first-order valence-corrected chi connectivity index (χ1v) is 10.0. The molecule has 1 aliphatic rings. The first kappa shape index (κ1) is 23.7. The van der Waals surface area contributed by atoms with Gasteiger partial charge in [-0.15, -0.1) is 0 Å². The molecule has 2 aromatic rings. The van der Waals surface area contributed by atoms with Crippen LogP contribution < -0.4 is 10.6 Å². The summed E-state index contributed by atoms with van der Waals surface area (Å²) in [4.78, 5) is 35.9. The molecule has 33 heavy (non-hydrogen) atoms. The van der Waals surface area contributed by atoms with Gasteiger partial charge in [0.2, 0.25) is 11.9 Å². The van der Waals surface area contributed by atoms with Crippen LogP contribution in [-0.2, 0) is 16.6 Å². The number of aliphatic imine (C=N–C) groups is 1. The molecule has 1 atom stereocenters. The lowest BCUT2D eigenvalue weighted by Crippen LogP contribution is -2.23. The molecule has 2 heterocycles. The molecule has 2 N–H and O–H groups in total. The van der Waals surface area contributed by atoms with Gasteiger partial charge in [0.05, 0.1) is 35.7 Å². The average molecular weight is 459 g/mol. The van der Waals surface area contributed by atoms with Crippen molar-refractivity contribution in [1.82, 2.24) is 19.7 Å². The molecule has 1 fully saturated rings. The zero-order valence-electron chi connectivity index (χ0n) is 18.3. The average Bonchev–Trinajstić information content (AvgIpc) is 3.57. The van der Waals surface area contributed by atoms with Gasteiger partial charge in [0.1, 0.15) is 11.9 Å². The second-order valence-corrected chi connectivity index (χ2v) is 7.40. The van der Waals surface area contributed by atoms with Crippen molar-refractivity contribution < 1.29 is 23.1 Å². The van der Waals surface area contributed by atoms with Gasteiger partial charge in [0, 0.05) is 18.5 Å². The van der Waals surface area contributed by atoms with E-state index in [1.807, 2.05) is 0 Å². The van der Waals surface area contributed by atoms with Crippen molar-refractivity contribution in [2.75, 3.05) is 10.6 Å². The number of hydrogen-bond donors (Lipinski definition) is 2. The highest BCUT2D eigenvalue weighted by molar-refractivity contribution is 5.94. The number of aromatic nitrogens is 4. The third-order valence-corrected chi connectivity index (χ3v) is 4.72. The van der Waals surface area contributed by atoms with Crippen molar-refractivity contribution in [3.8, 4) is 11.4 Å². The normalized spacial score (nSPS) is 15.4. The van der Waals surface area contributed by atoms with E-state index in [1.165, 1.54) is 30.2 Å². The molecule has 1 saturated carbocycles. The molecule has 12 heteroatoms. The molecular weight excluding hydrogens is 436 g/mol. The Bertz CT molecular complexity index is 1120. The number of ether oxygens (including phenoxy) is 1. The molecule has 0 spiro atoms. The molecule has 0 bridgehead atoms. The standard InChI is InChI=1S/C21H23F2N7O3/c1-11(22)7-15(17(23)24-3)12(2)33-21(32)29-19-16(10-27-30(19)4)18-25-8-14(9-26-18)28-20(31)13-5-6-13/h7-10,12-13H,3,5-6H2,1-2,4H3,(H,28,31)(H,29,32)/b11-7+,17-15+. The molecule has 1 unspecified atom stereocenters. The Balaban J connectivity index is 1.73. The van der Waals surface area contributed by atoms with Crippen LogP contribution >= 0.6 is 0 Å². The predicted molar refractivity (Wildman–Crippen MR) is 118 cm³/mol. The van der Waals surface area contributed by atoms with E-state index in [2.05, 4.69) is 37.4 Å². The van der Waals surface area contributed by atoms with Gasteiger partial charge in [0.15, 0.2) is 5.82 Å². The maximum Gasteiger partial charge on any atom is 0.413 e. The number of carbonyl (C=O) groups is 2. The number of halogens is 2. The van der Waals surface area contributed by atoms with Crippen LogP contribution in [0.2, 0.25) is 0 Å². The van der Waals surface area contributed by atoms with Gasteiger partial charge in [-0.2, -0.15) is 9.49 Å². The number of rotatable bonds is 8. The van der Waals surface area contributed by atoms with E-state index in [9.17, 15) is 18.4 Å². The van der Waals surface area contributed by atoms with Crippen LogP contribution in [0.1, 0.15) is 26.7 Å². The Morgan fingerprint density at radius 1 is 1.27 bits per heavy atom. The zero-order chi connectivity index (χ0) is 24.1. The third kappa shape index (κ3) is 6.05. The SMILES string of the molecule is C=N/C(F)=C(\C=C(/C)F)C(C)OC(=O)Nc1c(-c2ncc(NC(=O)C3CC3)cn2)cnn1C. The first-order valence-electron chi connectivity index (χ1n) is 10.0. The number of carbonyl (C=O) groups excluding carboxylic acids is 2. The van der Waals surface area contributed by atoms with Crippen LogP contribution in [0.25, 0.3) is 11.4 Å². The van der Waals surface area contributed by atoms with Crippen LogP contribution in [0, 0.1) is 5.92 Å². The lowest BCUT2D eigenvalue weighted by molar-refractivity contribution is -0.117. The lowest BCUT2D eigenvalue weighted by atomic mass is 10.1. The number of anilines is 2. The van der Waals surface area contributed by atoms with E-state index in [4.69, 9.17) is 4.74 Å². The number of hydrogen-bond acceptors (Lipinski definition) is 7. The number of allylic oxidation sites excluding steroid dienone is 1. The van der Waals surface area contributed by atoms with E-state index in [-0.39, 0.29) is 29.0 Å². The highest BCUT2D eigenvalue weighted by Crippen LogP contribution is 2.30. The minimum atomic E-state index is -1.16. The van der Waals surface area contributed by atoms with Crippen LogP contribution in [0.4, 0.5) is 25.1 Å². The first-order chi connectivity index (χ1) is 15.7. The van der Waals surface area contributed by atoms with Gasteiger partial charge in [-0.25, -0.2) is 24.1 Å². The fourth-order valence-electron chi connectivity index (χ4n) is 2.87. The fourth-order valence-corrected chi connectivity index (χ4v) is 2.87. The van der Waals surface area contributed by atoms with Crippen LogP contribution in [0.5, 0.6) is 0 Å². The van der Waals surface area contributed by atoms with Crippen molar-refractivity contribution in [1.29, 1.82) is 0 Å². The summed E-state index contributed by atoms with van der Waals surface area (Å²) in [7, 11) is 1.58. The Labute approximate surface area is 188 Å². The molecule has 0 radical (unpaired) electrons. The lowest BCUT2D eigenvalue weighted by Gasteiger charge is -2.16. The van der Waals surface area contributed by atoms with E-state index in [0.717, 1.165) is 25.8 Å². The maximum absolute atomic E-state index is 13.9. The molecule has 0 saturated heterocycles. The van der Waals surface area contributed by atoms with Gasteiger partial charge in [-0.1, -0.05) is 0 Å². The van der Waals surface area contributed by atoms with E-state index in [1.54, 1.807) is 7.05 Å². The van der Waals surface area contributed by atoms with Crippen molar-refractivity contribution in [3.63, 3.8) is 0 Å². The minimum Gasteiger partial charge on any atom is -0.441 e. The largest absolute Gasteiger partial charge is 0.441 e. The van der Waals surface area contributed by atoms with Gasteiger partial charge < -0.3 is 10.1 Å². The monoisotopic (exact) mass is 459 g/mol. The smallest absolute Gasteiger partial charge is 0.413 e. The molecule has 0 aromatic carbocycles. The zero-order valence-corrected chi connectivity index (χ0v) is 18.3. The summed E-state index contributed by atoms with van der Waals surface area (Å²) in [5.41, 5.74) is 0.560. The Kier molecular flexibility index (Phi) is 7.26. The Hall–Kier alpha value is -3.96. The summed E-state index contributed by atoms with van der Waals surface area (Å²) < 4.78 is 33.7. The second kappa shape index (κ2) is 10.1. The Morgan fingerprint density at radius 2 is 1.94 bits per heavy atom. The number of amides is 2. The van der Waals surface area contributed by atoms with Crippen molar-refractivity contribution in [2.24, 2.45) is 18.0 Å².